The van der Waals surface area contributed by atoms with Crippen molar-refractivity contribution < 1.29 is 14.3 Å². The van der Waals surface area contributed by atoms with Gasteiger partial charge in [-0.15, -0.1) is 11.8 Å². The van der Waals surface area contributed by atoms with Crippen molar-refractivity contribution in [3.8, 4) is 5.75 Å². The number of hydrogen-bond acceptors (Lipinski definition) is 4. The zero-order chi connectivity index (χ0) is 19.8. The topological polar surface area (TPSA) is 58.6 Å². The first kappa shape index (κ1) is 21.6. The Balaban J connectivity index is 1.82. The molecular formula is C19H20BrClN2O3S. The number of methoxy groups -OCH3 is 1. The zero-order valence-corrected chi connectivity index (χ0v) is 18.2. The molecule has 0 aliphatic heterocycles. The van der Waals surface area contributed by atoms with E-state index in [9.17, 15) is 9.59 Å². The summed E-state index contributed by atoms with van der Waals surface area (Å²) in [6, 6.07) is 12.8. The molecule has 2 rings (SSSR count). The van der Waals surface area contributed by atoms with Crippen LogP contribution >= 0.6 is 39.3 Å². The number of anilines is 1. The molecule has 0 saturated heterocycles. The maximum atomic E-state index is 12.3. The SMILES string of the molecule is COc1ccc(Cl)cc1NC(=O)CN(C)C(=O)CCSc1ccccc1Br. The quantitative estimate of drug-likeness (QED) is 0.567. The van der Waals surface area contributed by atoms with Crippen molar-refractivity contribution in [2.75, 3.05) is 31.8 Å². The molecule has 5 nitrogen and oxygen atoms in total. The molecule has 0 heterocycles. The second kappa shape index (κ2) is 10.6. The van der Waals surface area contributed by atoms with Gasteiger partial charge in [-0.1, -0.05) is 23.7 Å². The molecule has 0 fully saturated rings. The van der Waals surface area contributed by atoms with Gasteiger partial charge in [-0.3, -0.25) is 9.59 Å². The van der Waals surface area contributed by atoms with Gasteiger partial charge in [0, 0.05) is 33.6 Å². The number of likely N-dealkylation sites (N-methyl/N-ethyl adjacent to an activating group) is 1. The van der Waals surface area contributed by atoms with Gasteiger partial charge in [-0.05, 0) is 46.3 Å². The molecule has 0 radical (unpaired) electrons. The highest BCUT2D eigenvalue weighted by molar-refractivity contribution is 9.10. The maximum Gasteiger partial charge on any atom is 0.244 e. The Hall–Kier alpha value is -1.70. The van der Waals surface area contributed by atoms with Crippen molar-refractivity contribution in [3.05, 3.63) is 52.0 Å². The van der Waals surface area contributed by atoms with Gasteiger partial charge < -0.3 is 15.0 Å². The minimum atomic E-state index is -0.315. The van der Waals surface area contributed by atoms with Crippen LogP contribution in [-0.2, 0) is 9.59 Å². The van der Waals surface area contributed by atoms with Crippen LogP contribution in [0.4, 0.5) is 5.69 Å². The number of nitrogens with one attached hydrogen (secondary N) is 1. The van der Waals surface area contributed by atoms with E-state index in [-0.39, 0.29) is 18.4 Å². The van der Waals surface area contributed by atoms with Gasteiger partial charge >= 0.3 is 0 Å². The molecule has 8 heteroatoms. The summed E-state index contributed by atoms with van der Waals surface area (Å²) < 4.78 is 6.20. The highest BCUT2D eigenvalue weighted by Gasteiger charge is 2.15. The number of carbonyl (C=O) groups is 2. The molecule has 0 saturated carbocycles. The average Bonchev–Trinajstić information content (AvgIpc) is 2.63. The van der Waals surface area contributed by atoms with Gasteiger partial charge in [0.2, 0.25) is 11.8 Å². The van der Waals surface area contributed by atoms with Crippen LogP contribution in [0.1, 0.15) is 6.42 Å². The van der Waals surface area contributed by atoms with Crippen molar-refractivity contribution in [2.45, 2.75) is 11.3 Å². The first-order valence-corrected chi connectivity index (χ1v) is 10.3. The van der Waals surface area contributed by atoms with Crippen LogP contribution in [0.3, 0.4) is 0 Å². The van der Waals surface area contributed by atoms with Crippen LogP contribution < -0.4 is 10.1 Å². The van der Waals surface area contributed by atoms with Crippen LogP contribution in [0.25, 0.3) is 0 Å². The number of ether oxygens (including phenoxy) is 1. The molecule has 0 aliphatic rings. The fourth-order valence-corrected chi connectivity index (χ4v) is 3.95. The van der Waals surface area contributed by atoms with Gasteiger partial charge in [0.05, 0.1) is 19.3 Å². The molecule has 0 atom stereocenters. The Morgan fingerprint density at radius 2 is 2.00 bits per heavy atom. The lowest BCUT2D eigenvalue weighted by Crippen LogP contribution is -2.35. The molecule has 2 aromatic rings. The summed E-state index contributed by atoms with van der Waals surface area (Å²) in [5, 5.41) is 3.21. The highest BCUT2D eigenvalue weighted by Crippen LogP contribution is 2.28. The smallest absolute Gasteiger partial charge is 0.244 e. The minimum Gasteiger partial charge on any atom is -0.495 e. The van der Waals surface area contributed by atoms with Crippen molar-refractivity contribution in [1.82, 2.24) is 4.90 Å². The summed E-state index contributed by atoms with van der Waals surface area (Å²) in [6.07, 6.45) is 0.344. The summed E-state index contributed by atoms with van der Waals surface area (Å²) in [5.74, 6) is 0.731. The third-order valence-corrected chi connectivity index (χ3v) is 5.92. The van der Waals surface area contributed by atoms with E-state index < -0.39 is 0 Å². The van der Waals surface area contributed by atoms with Gasteiger partial charge in [-0.25, -0.2) is 0 Å². The lowest BCUT2D eigenvalue weighted by Gasteiger charge is -2.17. The fraction of sp³-hybridized carbons (Fsp3) is 0.263. The Morgan fingerprint density at radius 1 is 1.26 bits per heavy atom. The third-order valence-electron chi connectivity index (χ3n) is 3.65. The van der Waals surface area contributed by atoms with Crippen molar-refractivity contribution >= 4 is 56.8 Å². The lowest BCUT2D eigenvalue weighted by atomic mass is 10.3. The number of carbonyl (C=O) groups excluding carboxylic acids is 2. The Bertz CT molecular complexity index is 819. The molecule has 0 unspecified atom stereocenters. The first-order chi connectivity index (χ1) is 12.9. The molecular weight excluding hydrogens is 452 g/mol. The van der Waals surface area contributed by atoms with E-state index in [0.29, 0.717) is 28.6 Å². The molecule has 0 bridgehead atoms. The summed E-state index contributed by atoms with van der Waals surface area (Å²) in [5.41, 5.74) is 0.473. The number of amides is 2. The van der Waals surface area contributed by atoms with E-state index in [4.69, 9.17) is 16.3 Å². The molecule has 27 heavy (non-hydrogen) atoms. The summed E-state index contributed by atoms with van der Waals surface area (Å²) in [7, 11) is 3.12. The van der Waals surface area contributed by atoms with Crippen molar-refractivity contribution in [2.24, 2.45) is 0 Å². The molecule has 0 aromatic heterocycles. The van der Waals surface area contributed by atoms with Gasteiger partial charge in [-0.2, -0.15) is 0 Å². The molecule has 2 aromatic carbocycles. The maximum absolute atomic E-state index is 12.3. The Morgan fingerprint density at radius 3 is 2.70 bits per heavy atom. The third kappa shape index (κ3) is 6.75. The second-order valence-corrected chi connectivity index (χ2v) is 8.10. The summed E-state index contributed by atoms with van der Waals surface area (Å²) in [4.78, 5) is 27.0. The van der Waals surface area contributed by atoms with E-state index in [0.717, 1.165) is 9.37 Å². The largest absolute Gasteiger partial charge is 0.495 e. The molecule has 1 N–H and O–H groups in total. The monoisotopic (exact) mass is 470 g/mol. The molecule has 2 amide bonds. The van der Waals surface area contributed by atoms with Crippen LogP contribution in [0, 0.1) is 0 Å². The number of hydrogen-bond donors (Lipinski definition) is 1. The standard InChI is InChI=1S/C19H20BrClN2O3S/c1-23(19(25)9-10-27-17-6-4-3-5-14(17)20)12-18(24)22-15-11-13(21)7-8-16(15)26-2/h3-8,11H,9-10,12H2,1-2H3,(H,22,24). The van der Waals surface area contributed by atoms with E-state index in [2.05, 4.69) is 21.2 Å². The predicted molar refractivity (Wildman–Crippen MR) is 114 cm³/mol. The fourth-order valence-electron chi connectivity index (χ4n) is 2.27. The predicted octanol–water partition coefficient (Wildman–Crippen LogP) is 4.69. The average molecular weight is 472 g/mol. The molecule has 0 spiro atoms. The lowest BCUT2D eigenvalue weighted by molar-refractivity contribution is -0.132. The first-order valence-electron chi connectivity index (χ1n) is 8.15. The van der Waals surface area contributed by atoms with Crippen LogP contribution in [0.15, 0.2) is 51.8 Å². The van der Waals surface area contributed by atoms with Crippen LogP contribution in [0.2, 0.25) is 5.02 Å². The Labute approximate surface area is 176 Å². The van der Waals surface area contributed by atoms with E-state index in [1.54, 1.807) is 37.0 Å². The number of rotatable bonds is 8. The number of nitrogens with zero attached hydrogens (tertiary/aromatic N) is 1. The minimum absolute atomic E-state index is 0.0474. The van der Waals surface area contributed by atoms with Gasteiger partial charge in [0.1, 0.15) is 5.75 Å². The summed E-state index contributed by atoms with van der Waals surface area (Å²) in [6.45, 7) is -0.0474. The number of halogens is 2. The number of benzene rings is 2. The van der Waals surface area contributed by atoms with Gasteiger partial charge in [0.15, 0.2) is 0 Å². The number of thioether (sulfide) groups is 1. The molecule has 144 valence electrons. The van der Waals surface area contributed by atoms with Gasteiger partial charge in [0.25, 0.3) is 0 Å². The molecule has 0 aliphatic carbocycles. The van der Waals surface area contributed by atoms with E-state index >= 15 is 0 Å². The van der Waals surface area contributed by atoms with Crippen LogP contribution in [0.5, 0.6) is 5.75 Å². The van der Waals surface area contributed by atoms with Crippen molar-refractivity contribution in [1.29, 1.82) is 0 Å². The summed E-state index contributed by atoms with van der Waals surface area (Å²) >= 11 is 11.0. The van der Waals surface area contributed by atoms with Crippen molar-refractivity contribution in [3.63, 3.8) is 0 Å². The normalized spacial score (nSPS) is 10.4. The van der Waals surface area contributed by atoms with E-state index in [1.807, 2.05) is 24.3 Å². The Kier molecular flexibility index (Phi) is 8.47. The zero-order valence-electron chi connectivity index (χ0n) is 15.0. The second-order valence-electron chi connectivity index (χ2n) is 5.67. The van der Waals surface area contributed by atoms with Crippen LogP contribution in [-0.4, -0.2) is 43.2 Å². The highest BCUT2D eigenvalue weighted by atomic mass is 79.9. The van der Waals surface area contributed by atoms with E-state index in [1.165, 1.54) is 12.0 Å².